The Balaban J connectivity index is 1.52. The van der Waals surface area contributed by atoms with Gasteiger partial charge in [0.05, 0.1) is 13.2 Å². The molecule has 19 heavy (non-hydrogen) atoms. The monoisotopic (exact) mass is 263 g/mol. The molecule has 0 bridgehead atoms. The third-order valence-corrected chi connectivity index (χ3v) is 4.42. The van der Waals surface area contributed by atoms with Gasteiger partial charge < -0.3 is 15.0 Å². The standard InChI is InChI=1S/C15H25N3O/c16-14-3-1-4-15-13(14)5-8-18(15)7-2-6-17-9-11-19-12-10-17/h5,8,14H,1-4,6-7,9-12,16H2. The van der Waals surface area contributed by atoms with E-state index in [1.54, 1.807) is 0 Å². The Morgan fingerprint density at radius 3 is 2.95 bits per heavy atom. The van der Waals surface area contributed by atoms with Crippen LogP contribution in [0.5, 0.6) is 0 Å². The number of fused-ring (bicyclic) bond motifs is 1. The van der Waals surface area contributed by atoms with Crippen LogP contribution in [0.15, 0.2) is 12.3 Å². The molecule has 1 aromatic rings. The molecule has 0 saturated carbocycles. The number of hydrogen-bond donors (Lipinski definition) is 1. The van der Waals surface area contributed by atoms with Crippen LogP contribution in [0.3, 0.4) is 0 Å². The third-order valence-electron chi connectivity index (χ3n) is 4.42. The van der Waals surface area contributed by atoms with Crippen LogP contribution in [0.4, 0.5) is 0 Å². The van der Waals surface area contributed by atoms with Crippen molar-refractivity contribution in [3.63, 3.8) is 0 Å². The fourth-order valence-corrected chi connectivity index (χ4v) is 3.29. The number of ether oxygens (including phenoxy) is 1. The molecule has 1 aliphatic heterocycles. The predicted octanol–water partition coefficient (Wildman–Crippen LogP) is 1.55. The molecule has 1 fully saturated rings. The molecule has 106 valence electrons. The average molecular weight is 263 g/mol. The molecular formula is C15H25N3O. The summed E-state index contributed by atoms with van der Waals surface area (Å²) in [4.78, 5) is 2.51. The van der Waals surface area contributed by atoms with Gasteiger partial charge in [-0.1, -0.05) is 0 Å². The molecule has 1 saturated heterocycles. The van der Waals surface area contributed by atoms with Crippen LogP contribution < -0.4 is 5.73 Å². The van der Waals surface area contributed by atoms with Gasteiger partial charge >= 0.3 is 0 Å². The summed E-state index contributed by atoms with van der Waals surface area (Å²) in [5, 5.41) is 0. The fourth-order valence-electron chi connectivity index (χ4n) is 3.29. The molecule has 1 atom stereocenters. The van der Waals surface area contributed by atoms with E-state index in [4.69, 9.17) is 10.5 Å². The summed E-state index contributed by atoms with van der Waals surface area (Å²) in [5.74, 6) is 0. The van der Waals surface area contributed by atoms with Gasteiger partial charge in [-0.15, -0.1) is 0 Å². The SMILES string of the molecule is NC1CCCc2c1ccn2CCCN1CCOCC1. The second-order valence-corrected chi connectivity index (χ2v) is 5.72. The van der Waals surface area contributed by atoms with Gasteiger partial charge in [0.25, 0.3) is 0 Å². The van der Waals surface area contributed by atoms with Gasteiger partial charge in [0.2, 0.25) is 0 Å². The Bertz CT molecular complexity index is 410. The molecule has 0 spiro atoms. The lowest BCUT2D eigenvalue weighted by Crippen LogP contribution is -2.37. The average Bonchev–Trinajstić information content (AvgIpc) is 2.85. The Labute approximate surface area is 115 Å². The third kappa shape index (κ3) is 3.02. The van der Waals surface area contributed by atoms with Gasteiger partial charge in [0.15, 0.2) is 0 Å². The first-order valence-electron chi connectivity index (χ1n) is 7.58. The van der Waals surface area contributed by atoms with Crippen molar-refractivity contribution in [1.29, 1.82) is 0 Å². The second-order valence-electron chi connectivity index (χ2n) is 5.72. The van der Waals surface area contributed by atoms with Gasteiger partial charge in [-0.2, -0.15) is 0 Å². The summed E-state index contributed by atoms with van der Waals surface area (Å²) in [6.45, 7) is 6.28. The Morgan fingerprint density at radius 2 is 2.11 bits per heavy atom. The van der Waals surface area contributed by atoms with Crippen molar-refractivity contribution >= 4 is 0 Å². The molecule has 3 rings (SSSR count). The lowest BCUT2D eigenvalue weighted by molar-refractivity contribution is 0.0369. The predicted molar refractivity (Wildman–Crippen MR) is 76.2 cm³/mol. The highest BCUT2D eigenvalue weighted by molar-refractivity contribution is 5.28. The number of hydrogen-bond acceptors (Lipinski definition) is 3. The molecule has 2 aliphatic rings. The molecule has 0 amide bonds. The zero-order valence-electron chi connectivity index (χ0n) is 11.7. The number of aryl methyl sites for hydroxylation is 1. The molecule has 0 aromatic carbocycles. The van der Waals surface area contributed by atoms with Crippen molar-refractivity contribution in [2.45, 2.75) is 38.3 Å². The van der Waals surface area contributed by atoms with Crippen molar-refractivity contribution in [2.24, 2.45) is 5.73 Å². The van der Waals surface area contributed by atoms with Gasteiger partial charge in [-0.25, -0.2) is 0 Å². The number of aromatic nitrogens is 1. The Hall–Kier alpha value is -0.840. The second kappa shape index (κ2) is 6.07. The molecule has 2 heterocycles. The van der Waals surface area contributed by atoms with E-state index in [9.17, 15) is 0 Å². The highest BCUT2D eigenvalue weighted by Crippen LogP contribution is 2.28. The summed E-state index contributed by atoms with van der Waals surface area (Å²) in [7, 11) is 0. The summed E-state index contributed by atoms with van der Waals surface area (Å²) in [6, 6.07) is 2.50. The summed E-state index contributed by atoms with van der Waals surface area (Å²) >= 11 is 0. The van der Waals surface area contributed by atoms with Crippen LogP contribution in [-0.2, 0) is 17.7 Å². The molecule has 1 aliphatic carbocycles. The molecule has 1 unspecified atom stereocenters. The van der Waals surface area contributed by atoms with E-state index in [1.165, 1.54) is 37.1 Å². The van der Waals surface area contributed by atoms with E-state index >= 15 is 0 Å². The molecule has 0 radical (unpaired) electrons. The normalized spacial score (nSPS) is 24.4. The Morgan fingerprint density at radius 1 is 1.26 bits per heavy atom. The van der Waals surface area contributed by atoms with Crippen LogP contribution in [-0.4, -0.2) is 42.3 Å². The van der Waals surface area contributed by atoms with E-state index in [0.717, 1.165) is 39.3 Å². The summed E-state index contributed by atoms with van der Waals surface area (Å²) in [6.07, 6.45) is 7.03. The van der Waals surface area contributed by atoms with Crippen molar-refractivity contribution in [1.82, 2.24) is 9.47 Å². The van der Waals surface area contributed by atoms with Crippen LogP contribution in [0.2, 0.25) is 0 Å². The van der Waals surface area contributed by atoms with Gasteiger partial charge in [0.1, 0.15) is 0 Å². The summed E-state index contributed by atoms with van der Waals surface area (Å²) < 4.78 is 7.80. The van der Waals surface area contributed by atoms with Crippen molar-refractivity contribution < 1.29 is 4.74 Å². The van der Waals surface area contributed by atoms with E-state index in [1.807, 2.05) is 0 Å². The maximum Gasteiger partial charge on any atom is 0.0594 e. The number of nitrogens with two attached hydrogens (primary N) is 1. The number of morpholine rings is 1. The quantitative estimate of drug-likeness (QED) is 0.896. The highest BCUT2D eigenvalue weighted by atomic mass is 16.5. The van der Waals surface area contributed by atoms with Gasteiger partial charge in [-0.3, -0.25) is 4.90 Å². The topological polar surface area (TPSA) is 43.4 Å². The highest BCUT2D eigenvalue weighted by Gasteiger charge is 2.19. The van der Waals surface area contributed by atoms with E-state index in [0.29, 0.717) is 0 Å². The van der Waals surface area contributed by atoms with Crippen molar-refractivity contribution in [3.05, 3.63) is 23.5 Å². The van der Waals surface area contributed by atoms with Crippen LogP contribution in [0.25, 0.3) is 0 Å². The molecular weight excluding hydrogens is 238 g/mol. The first-order chi connectivity index (χ1) is 9.34. The minimum Gasteiger partial charge on any atom is -0.379 e. The van der Waals surface area contributed by atoms with E-state index in [2.05, 4.69) is 21.7 Å². The lowest BCUT2D eigenvalue weighted by atomic mass is 9.94. The van der Waals surface area contributed by atoms with Crippen molar-refractivity contribution in [2.75, 3.05) is 32.8 Å². The Kier molecular flexibility index (Phi) is 4.21. The minimum atomic E-state index is 0.268. The number of nitrogens with zero attached hydrogens (tertiary/aromatic N) is 2. The smallest absolute Gasteiger partial charge is 0.0594 e. The largest absolute Gasteiger partial charge is 0.379 e. The zero-order chi connectivity index (χ0) is 13.1. The maximum atomic E-state index is 6.17. The first-order valence-corrected chi connectivity index (χ1v) is 7.58. The molecule has 4 nitrogen and oxygen atoms in total. The maximum absolute atomic E-state index is 6.17. The van der Waals surface area contributed by atoms with E-state index < -0.39 is 0 Å². The first kappa shape index (κ1) is 13.2. The number of rotatable bonds is 4. The van der Waals surface area contributed by atoms with Gasteiger partial charge in [-0.05, 0) is 37.3 Å². The summed E-state index contributed by atoms with van der Waals surface area (Å²) in [5.41, 5.74) is 9.04. The zero-order valence-corrected chi connectivity index (χ0v) is 11.7. The van der Waals surface area contributed by atoms with Crippen LogP contribution >= 0.6 is 0 Å². The van der Waals surface area contributed by atoms with Crippen LogP contribution in [0.1, 0.15) is 36.6 Å². The van der Waals surface area contributed by atoms with Crippen molar-refractivity contribution in [3.8, 4) is 0 Å². The molecule has 4 heteroatoms. The minimum absolute atomic E-state index is 0.268. The lowest BCUT2D eigenvalue weighted by Gasteiger charge is -2.27. The fraction of sp³-hybridized carbons (Fsp3) is 0.733. The van der Waals surface area contributed by atoms with Gasteiger partial charge in [0, 0.05) is 44.1 Å². The molecule has 2 N–H and O–H groups in total. The molecule has 1 aromatic heterocycles. The van der Waals surface area contributed by atoms with E-state index in [-0.39, 0.29) is 6.04 Å². The van der Waals surface area contributed by atoms with Crippen LogP contribution in [0, 0.1) is 0 Å².